The van der Waals surface area contributed by atoms with Crippen LogP contribution in [0.5, 0.6) is 5.75 Å². The lowest BCUT2D eigenvalue weighted by molar-refractivity contribution is 0.0772. The molecule has 0 aliphatic rings. The SMILES string of the molecule is CCN(CC)C(=O)c1ccc(NC(=S)NC(=O)c2cccc(OCCC(C)C)c2)cc1. The molecular weight excluding hydrogens is 410 g/mol. The Bertz CT molecular complexity index is 893. The Labute approximate surface area is 190 Å². The van der Waals surface area contributed by atoms with Gasteiger partial charge in [0.25, 0.3) is 11.8 Å². The van der Waals surface area contributed by atoms with E-state index in [4.69, 9.17) is 17.0 Å². The van der Waals surface area contributed by atoms with Crippen molar-refractivity contribution in [2.24, 2.45) is 5.92 Å². The molecule has 2 aromatic carbocycles. The van der Waals surface area contributed by atoms with E-state index >= 15 is 0 Å². The summed E-state index contributed by atoms with van der Waals surface area (Å²) in [5.74, 6) is 0.878. The smallest absolute Gasteiger partial charge is 0.257 e. The summed E-state index contributed by atoms with van der Waals surface area (Å²) in [6, 6.07) is 14.0. The van der Waals surface area contributed by atoms with Crippen molar-refractivity contribution in [3.8, 4) is 5.75 Å². The molecule has 0 radical (unpaired) electrons. The van der Waals surface area contributed by atoms with E-state index in [0.29, 0.717) is 48.2 Å². The van der Waals surface area contributed by atoms with Gasteiger partial charge in [0, 0.05) is 29.9 Å². The molecule has 0 bridgehead atoms. The highest BCUT2D eigenvalue weighted by atomic mass is 32.1. The van der Waals surface area contributed by atoms with Crippen LogP contribution in [0.1, 0.15) is 54.8 Å². The molecule has 2 amide bonds. The summed E-state index contributed by atoms with van der Waals surface area (Å²) in [7, 11) is 0. The maximum atomic E-state index is 12.5. The van der Waals surface area contributed by atoms with Gasteiger partial charge in [0.1, 0.15) is 5.75 Å². The first-order valence-corrected chi connectivity index (χ1v) is 11.0. The summed E-state index contributed by atoms with van der Waals surface area (Å²) in [6.07, 6.45) is 0.948. The number of amides is 2. The van der Waals surface area contributed by atoms with Crippen LogP contribution in [-0.4, -0.2) is 41.5 Å². The quantitative estimate of drug-likeness (QED) is 0.551. The van der Waals surface area contributed by atoms with Crippen molar-refractivity contribution in [2.75, 3.05) is 25.0 Å². The summed E-state index contributed by atoms with van der Waals surface area (Å²) in [5, 5.41) is 5.82. The van der Waals surface area contributed by atoms with Gasteiger partial charge in [-0.2, -0.15) is 0 Å². The molecule has 31 heavy (non-hydrogen) atoms. The predicted molar refractivity (Wildman–Crippen MR) is 129 cm³/mol. The molecule has 6 nitrogen and oxygen atoms in total. The highest BCUT2D eigenvalue weighted by Crippen LogP contribution is 2.15. The van der Waals surface area contributed by atoms with E-state index in [-0.39, 0.29) is 16.9 Å². The Morgan fingerprint density at radius 2 is 1.71 bits per heavy atom. The first-order chi connectivity index (χ1) is 14.8. The van der Waals surface area contributed by atoms with Crippen molar-refractivity contribution in [3.63, 3.8) is 0 Å². The lowest BCUT2D eigenvalue weighted by Gasteiger charge is -2.18. The van der Waals surface area contributed by atoms with Crippen LogP contribution < -0.4 is 15.4 Å². The van der Waals surface area contributed by atoms with Crippen molar-refractivity contribution in [3.05, 3.63) is 59.7 Å². The van der Waals surface area contributed by atoms with Crippen molar-refractivity contribution < 1.29 is 14.3 Å². The van der Waals surface area contributed by atoms with Gasteiger partial charge in [-0.15, -0.1) is 0 Å². The standard InChI is InChI=1S/C24H31N3O3S/c1-5-27(6-2)23(29)18-10-12-20(13-11-18)25-24(31)26-22(28)19-8-7-9-21(16-19)30-15-14-17(3)4/h7-13,16-17H,5-6,14-15H2,1-4H3,(H2,25,26,28,31). The number of anilines is 1. The number of hydrogen-bond acceptors (Lipinski definition) is 4. The van der Waals surface area contributed by atoms with Gasteiger partial charge in [0.15, 0.2) is 5.11 Å². The lowest BCUT2D eigenvalue weighted by Crippen LogP contribution is -2.34. The summed E-state index contributed by atoms with van der Waals surface area (Å²) in [5.41, 5.74) is 1.76. The van der Waals surface area contributed by atoms with Crippen LogP contribution in [0.4, 0.5) is 5.69 Å². The molecular formula is C24H31N3O3S. The minimum atomic E-state index is -0.319. The molecule has 0 aromatic heterocycles. The molecule has 2 N–H and O–H groups in total. The van der Waals surface area contributed by atoms with Gasteiger partial charge < -0.3 is 15.0 Å². The Kier molecular flexibility index (Phi) is 9.46. The fourth-order valence-corrected chi connectivity index (χ4v) is 3.08. The maximum absolute atomic E-state index is 12.5. The van der Waals surface area contributed by atoms with Crippen LogP contribution in [0.3, 0.4) is 0 Å². The molecule has 0 unspecified atom stereocenters. The van der Waals surface area contributed by atoms with Gasteiger partial charge in [-0.05, 0) is 80.9 Å². The number of rotatable bonds is 9. The largest absolute Gasteiger partial charge is 0.494 e. The van der Waals surface area contributed by atoms with E-state index in [2.05, 4.69) is 24.5 Å². The van der Waals surface area contributed by atoms with Crippen molar-refractivity contribution in [2.45, 2.75) is 34.1 Å². The van der Waals surface area contributed by atoms with Gasteiger partial charge in [0.05, 0.1) is 6.61 Å². The highest BCUT2D eigenvalue weighted by Gasteiger charge is 2.13. The van der Waals surface area contributed by atoms with Crippen LogP contribution in [0.2, 0.25) is 0 Å². The van der Waals surface area contributed by atoms with Crippen LogP contribution in [0, 0.1) is 5.92 Å². The zero-order valence-corrected chi connectivity index (χ0v) is 19.4. The molecule has 166 valence electrons. The number of carbonyl (C=O) groups excluding carboxylic acids is 2. The van der Waals surface area contributed by atoms with Gasteiger partial charge >= 0.3 is 0 Å². The normalized spacial score (nSPS) is 10.5. The second-order valence-corrected chi connectivity index (χ2v) is 7.93. The number of benzene rings is 2. The molecule has 2 aromatic rings. The molecule has 0 saturated heterocycles. The molecule has 0 atom stereocenters. The maximum Gasteiger partial charge on any atom is 0.257 e. The average molecular weight is 442 g/mol. The summed E-state index contributed by atoms with van der Waals surface area (Å²) >= 11 is 5.26. The Hall–Kier alpha value is -2.93. The molecule has 7 heteroatoms. The Balaban J connectivity index is 1.92. The summed E-state index contributed by atoms with van der Waals surface area (Å²) in [6.45, 7) is 10.1. The van der Waals surface area contributed by atoms with Crippen LogP contribution >= 0.6 is 12.2 Å². The van der Waals surface area contributed by atoms with E-state index in [9.17, 15) is 9.59 Å². The fourth-order valence-electron chi connectivity index (χ4n) is 2.87. The second kappa shape index (κ2) is 12.1. The van der Waals surface area contributed by atoms with Crippen LogP contribution in [0.15, 0.2) is 48.5 Å². The molecule has 0 aliphatic heterocycles. The minimum absolute atomic E-state index is 0.0112. The van der Waals surface area contributed by atoms with Crippen molar-refractivity contribution in [1.82, 2.24) is 10.2 Å². The first kappa shape index (κ1) is 24.3. The number of ether oxygens (including phenoxy) is 1. The van der Waals surface area contributed by atoms with E-state index in [1.54, 1.807) is 47.4 Å². The summed E-state index contributed by atoms with van der Waals surface area (Å²) < 4.78 is 5.71. The van der Waals surface area contributed by atoms with Crippen LogP contribution in [0.25, 0.3) is 0 Å². The van der Waals surface area contributed by atoms with Gasteiger partial charge in [-0.1, -0.05) is 19.9 Å². The van der Waals surface area contributed by atoms with E-state index < -0.39 is 0 Å². The molecule has 0 fully saturated rings. The number of nitrogens with one attached hydrogen (secondary N) is 2. The minimum Gasteiger partial charge on any atom is -0.494 e. The molecule has 0 spiro atoms. The molecule has 0 saturated carbocycles. The molecule has 2 rings (SSSR count). The topological polar surface area (TPSA) is 70.7 Å². The van der Waals surface area contributed by atoms with E-state index in [0.717, 1.165) is 6.42 Å². The molecule has 0 heterocycles. The summed E-state index contributed by atoms with van der Waals surface area (Å²) in [4.78, 5) is 26.7. The average Bonchev–Trinajstić information content (AvgIpc) is 2.75. The second-order valence-electron chi connectivity index (χ2n) is 7.52. The van der Waals surface area contributed by atoms with E-state index in [1.165, 1.54) is 0 Å². The number of nitrogens with zero attached hydrogens (tertiary/aromatic N) is 1. The Morgan fingerprint density at radius 3 is 2.32 bits per heavy atom. The number of carbonyl (C=O) groups is 2. The third-order valence-electron chi connectivity index (χ3n) is 4.73. The monoisotopic (exact) mass is 441 g/mol. The Morgan fingerprint density at radius 1 is 1.03 bits per heavy atom. The highest BCUT2D eigenvalue weighted by molar-refractivity contribution is 7.80. The zero-order chi connectivity index (χ0) is 22.8. The third kappa shape index (κ3) is 7.68. The fraction of sp³-hybridized carbons (Fsp3) is 0.375. The lowest BCUT2D eigenvalue weighted by atomic mass is 10.1. The number of hydrogen-bond donors (Lipinski definition) is 2. The van der Waals surface area contributed by atoms with E-state index in [1.807, 2.05) is 19.9 Å². The van der Waals surface area contributed by atoms with Gasteiger partial charge in [-0.3, -0.25) is 14.9 Å². The van der Waals surface area contributed by atoms with Crippen molar-refractivity contribution >= 4 is 34.8 Å². The predicted octanol–water partition coefficient (Wildman–Crippen LogP) is 4.72. The third-order valence-corrected chi connectivity index (χ3v) is 4.93. The zero-order valence-electron chi connectivity index (χ0n) is 18.6. The van der Waals surface area contributed by atoms with Crippen molar-refractivity contribution in [1.29, 1.82) is 0 Å². The molecule has 0 aliphatic carbocycles. The van der Waals surface area contributed by atoms with Gasteiger partial charge in [-0.25, -0.2) is 0 Å². The number of thiocarbonyl (C=S) groups is 1. The van der Waals surface area contributed by atoms with Gasteiger partial charge in [0.2, 0.25) is 0 Å². The first-order valence-electron chi connectivity index (χ1n) is 10.6. The van der Waals surface area contributed by atoms with Crippen LogP contribution in [-0.2, 0) is 0 Å².